The minimum absolute atomic E-state index is 0.349. The summed E-state index contributed by atoms with van der Waals surface area (Å²) in [5, 5.41) is 0. The molecule has 0 bridgehead atoms. The molecule has 0 aliphatic rings. The second-order valence-corrected chi connectivity index (χ2v) is 2.00. The van der Waals surface area contributed by atoms with E-state index in [0.29, 0.717) is 0 Å². The van der Waals surface area contributed by atoms with Gasteiger partial charge in [-0.25, -0.2) is 4.79 Å². The second-order valence-electron chi connectivity index (χ2n) is 2.00. The third-order valence-electron chi connectivity index (χ3n) is 1.11. The molecule has 0 aromatic rings. The van der Waals surface area contributed by atoms with Crippen molar-refractivity contribution >= 4 is 5.97 Å². The predicted molar refractivity (Wildman–Crippen MR) is 45.1 cm³/mol. The van der Waals surface area contributed by atoms with Gasteiger partial charge in [0.2, 0.25) is 0 Å². The second kappa shape index (κ2) is 5.47. The van der Waals surface area contributed by atoms with E-state index < -0.39 is 0 Å². The first kappa shape index (κ1) is 9.69. The molecule has 0 aliphatic heterocycles. The molecule has 0 fully saturated rings. The number of rotatable bonds is 3. The Morgan fingerprint density at radius 3 is 2.64 bits per heavy atom. The maximum absolute atomic E-state index is 10.5. The van der Waals surface area contributed by atoms with E-state index in [1.54, 1.807) is 18.2 Å². The summed E-state index contributed by atoms with van der Waals surface area (Å²) in [6.07, 6.45) is 6.47. The molecule has 0 atom stereocenters. The Bertz CT molecular complexity index is 200. The standard InChI is InChI=1S/C9H12O2/c1-4-8(2)6-5-7-9(10)11-3/h4-7H,1H2,2-3H3/b7-5+,8-6-. The summed E-state index contributed by atoms with van der Waals surface area (Å²) in [6.45, 7) is 5.46. The van der Waals surface area contributed by atoms with Crippen LogP contribution in [-0.4, -0.2) is 13.1 Å². The number of carbonyl (C=O) groups excluding carboxylic acids is 1. The molecule has 0 N–H and O–H groups in total. The monoisotopic (exact) mass is 152 g/mol. The van der Waals surface area contributed by atoms with Gasteiger partial charge in [-0.15, -0.1) is 0 Å². The molecule has 0 heterocycles. The van der Waals surface area contributed by atoms with Crippen LogP contribution in [0, 0.1) is 0 Å². The van der Waals surface area contributed by atoms with Crippen molar-refractivity contribution in [2.75, 3.05) is 7.11 Å². The first-order chi connectivity index (χ1) is 5.20. The van der Waals surface area contributed by atoms with Gasteiger partial charge in [0, 0.05) is 6.08 Å². The van der Waals surface area contributed by atoms with Crippen molar-refractivity contribution in [3.05, 3.63) is 36.5 Å². The molecule has 0 rings (SSSR count). The lowest BCUT2D eigenvalue weighted by Crippen LogP contribution is -1.92. The van der Waals surface area contributed by atoms with E-state index in [4.69, 9.17) is 0 Å². The molecule has 11 heavy (non-hydrogen) atoms. The van der Waals surface area contributed by atoms with Gasteiger partial charge in [-0.05, 0) is 6.92 Å². The first-order valence-corrected chi connectivity index (χ1v) is 3.26. The predicted octanol–water partition coefficient (Wildman–Crippen LogP) is 1.85. The van der Waals surface area contributed by atoms with Gasteiger partial charge in [0.15, 0.2) is 0 Å². The van der Waals surface area contributed by atoms with Crippen LogP contribution in [0.5, 0.6) is 0 Å². The lowest BCUT2D eigenvalue weighted by molar-refractivity contribution is -0.134. The van der Waals surface area contributed by atoms with Crippen molar-refractivity contribution in [2.24, 2.45) is 0 Å². The quantitative estimate of drug-likeness (QED) is 0.350. The Balaban J connectivity index is 3.95. The van der Waals surface area contributed by atoms with E-state index in [1.165, 1.54) is 13.2 Å². The average Bonchev–Trinajstić information content (AvgIpc) is 2.04. The molecule has 2 heteroatoms. The minimum Gasteiger partial charge on any atom is -0.466 e. The van der Waals surface area contributed by atoms with Crippen molar-refractivity contribution in [1.29, 1.82) is 0 Å². The van der Waals surface area contributed by atoms with Crippen molar-refractivity contribution in [2.45, 2.75) is 6.92 Å². The molecule has 0 radical (unpaired) electrons. The number of allylic oxidation sites excluding steroid dienone is 4. The Morgan fingerprint density at radius 2 is 2.18 bits per heavy atom. The molecule has 0 amide bonds. The summed E-state index contributed by atoms with van der Waals surface area (Å²) in [5.41, 5.74) is 1.00. The maximum Gasteiger partial charge on any atom is 0.330 e. The molecule has 0 aromatic carbocycles. The number of ether oxygens (including phenoxy) is 1. The molecular weight excluding hydrogens is 140 g/mol. The van der Waals surface area contributed by atoms with Crippen molar-refractivity contribution in [3.8, 4) is 0 Å². The fourth-order valence-corrected chi connectivity index (χ4v) is 0.415. The molecule has 0 saturated carbocycles. The fraction of sp³-hybridized carbons (Fsp3) is 0.222. The van der Waals surface area contributed by atoms with Gasteiger partial charge < -0.3 is 4.74 Å². The van der Waals surface area contributed by atoms with Crippen LogP contribution >= 0.6 is 0 Å². The third kappa shape index (κ3) is 5.15. The van der Waals surface area contributed by atoms with Crippen LogP contribution in [0.4, 0.5) is 0 Å². The van der Waals surface area contributed by atoms with Gasteiger partial charge >= 0.3 is 5.97 Å². The van der Waals surface area contributed by atoms with Crippen LogP contribution < -0.4 is 0 Å². The van der Waals surface area contributed by atoms with Gasteiger partial charge in [0.1, 0.15) is 0 Å². The minimum atomic E-state index is -0.349. The first-order valence-electron chi connectivity index (χ1n) is 3.26. The van der Waals surface area contributed by atoms with Crippen molar-refractivity contribution in [1.82, 2.24) is 0 Å². The summed E-state index contributed by atoms with van der Waals surface area (Å²) in [5.74, 6) is -0.349. The topological polar surface area (TPSA) is 26.3 Å². The highest BCUT2D eigenvalue weighted by atomic mass is 16.5. The summed E-state index contributed by atoms with van der Waals surface area (Å²) in [4.78, 5) is 10.5. The lowest BCUT2D eigenvalue weighted by atomic mass is 10.3. The zero-order valence-electron chi connectivity index (χ0n) is 6.83. The van der Waals surface area contributed by atoms with Crippen LogP contribution in [-0.2, 0) is 9.53 Å². The van der Waals surface area contributed by atoms with Crippen LogP contribution in [0.1, 0.15) is 6.92 Å². The molecule has 2 nitrogen and oxygen atoms in total. The van der Waals surface area contributed by atoms with Crippen LogP contribution in [0.2, 0.25) is 0 Å². The van der Waals surface area contributed by atoms with E-state index in [-0.39, 0.29) is 5.97 Å². The largest absolute Gasteiger partial charge is 0.466 e. The summed E-state index contributed by atoms with van der Waals surface area (Å²) in [6, 6.07) is 0. The van der Waals surface area contributed by atoms with Gasteiger partial charge in [-0.3, -0.25) is 0 Å². The third-order valence-corrected chi connectivity index (χ3v) is 1.11. The van der Waals surface area contributed by atoms with E-state index >= 15 is 0 Å². The van der Waals surface area contributed by atoms with Crippen molar-refractivity contribution < 1.29 is 9.53 Å². The molecule has 0 spiro atoms. The van der Waals surface area contributed by atoms with E-state index in [1.807, 2.05) is 6.92 Å². The normalized spacial score (nSPS) is 11.6. The summed E-state index contributed by atoms with van der Waals surface area (Å²) < 4.78 is 4.38. The average molecular weight is 152 g/mol. The Labute approximate surface area is 66.9 Å². The molecule has 0 saturated heterocycles. The fourth-order valence-electron chi connectivity index (χ4n) is 0.415. The van der Waals surface area contributed by atoms with Gasteiger partial charge in [-0.2, -0.15) is 0 Å². The summed E-state index contributed by atoms with van der Waals surface area (Å²) >= 11 is 0. The molecule has 0 unspecified atom stereocenters. The van der Waals surface area contributed by atoms with Crippen LogP contribution in [0.3, 0.4) is 0 Å². The Hall–Kier alpha value is -1.31. The number of carbonyl (C=O) groups is 1. The van der Waals surface area contributed by atoms with Gasteiger partial charge in [0.05, 0.1) is 7.11 Å². The highest BCUT2D eigenvalue weighted by Crippen LogP contribution is 1.92. The SMILES string of the molecule is C=C/C(C)=C\C=C\C(=O)OC. The van der Waals surface area contributed by atoms with E-state index in [0.717, 1.165) is 5.57 Å². The molecule has 0 aliphatic carbocycles. The highest BCUT2D eigenvalue weighted by molar-refractivity contribution is 5.82. The number of hydrogen-bond acceptors (Lipinski definition) is 2. The van der Waals surface area contributed by atoms with Gasteiger partial charge in [-0.1, -0.05) is 30.4 Å². The number of methoxy groups -OCH3 is 1. The molecular formula is C9H12O2. The molecule has 60 valence electrons. The van der Waals surface area contributed by atoms with E-state index in [9.17, 15) is 4.79 Å². The number of hydrogen-bond donors (Lipinski definition) is 0. The smallest absolute Gasteiger partial charge is 0.330 e. The zero-order chi connectivity index (χ0) is 8.69. The van der Waals surface area contributed by atoms with Crippen molar-refractivity contribution in [3.63, 3.8) is 0 Å². The summed E-state index contributed by atoms with van der Waals surface area (Å²) in [7, 11) is 1.34. The molecule has 0 aromatic heterocycles. The zero-order valence-corrected chi connectivity index (χ0v) is 6.83. The lowest BCUT2D eigenvalue weighted by Gasteiger charge is -1.87. The van der Waals surface area contributed by atoms with Crippen LogP contribution in [0.15, 0.2) is 36.5 Å². The van der Waals surface area contributed by atoms with E-state index in [2.05, 4.69) is 11.3 Å². The Kier molecular flexibility index (Phi) is 4.82. The maximum atomic E-state index is 10.5. The highest BCUT2D eigenvalue weighted by Gasteiger charge is 1.86. The Morgan fingerprint density at radius 1 is 1.55 bits per heavy atom. The van der Waals surface area contributed by atoms with Crippen LogP contribution in [0.25, 0.3) is 0 Å². The number of esters is 1. The van der Waals surface area contributed by atoms with Gasteiger partial charge in [0.25, 0.3) is 0 Å².